The van der Waals surface area contributed by atoms with Crippen LogP contribution in [0.3, 0.4) is 0 Å². The van der Waals surface area contributed by atoms with Crippen molar-refractivity contribution in [1.82, 2.24) is 5.32 Å². The molecule has 0 spiro atoms. The quantitative estimate of drug-likeness (QED) is 0.798. The average molecular weight is 225 g/mol. The zero-order chi connectivity index (χ0) is 12.2. The maximum atomic E-state index is 11.6. The van der Waals surface area contributed by atoms with Crippen LogP contribution in [-0.2, 0) is 4.79 Å². The molecule has 1 atom stereocenters. The van der Waals surface area contributed by atoms with E-state index in [4.69, 9.17) is 9.52 Å². The van der Waals surface area contributed by atoms with Crippen LogP contribution in [0.15, 0.2) is 22.8 Å². The first-order valence-corrected chi connectivity index (χ1v) is 5.09. The smallest absolute Gasteiger partial charge is 0.329 e. The summed E-state index contributed by atoms with van der Waals surface area (Å²) in [5.74, 6) is -1.44. The molecule has 0 aliphatic heterocycles. The lowest BCUT2D eigenvalue weighted by molar-refractivity contribution is -0.144. The van der Waals surface area contributed by atoms with Crippen molar-refractivity contribution >= 4 is 11.9 Å². The lowest BCUT2D eigenvalue weighted by atomic mass is 9.96. The van der Waals surface area contributed by atoms with Crippen molar-refractivity contribution in [3.8, 4) is 0 Å². The van der Waals surface area contributed by atoms with Gasteiger partial charge in [-0.25, -0.2) is 4.79 Å². The van der Waals surface area contributed by atoms with E-state index in [0.29, 0.717) is 12.8 Å². The van der Waals surface area contributed by atoms with Gasteiger partial charge in [-0.05, 0) is 25.5 Å². The normalized spacial score (nSPS) is 14.1. The van der Waals surface area contributed by atoms with E-state index >= 15 is 0 Å². The van der Waals surface area contributed by atoms with E-state index in [0.717, 1.165) is 0 Å². The summed E-state index contributed by atoms with van der Waals surface area (Å²) in [6.07, 6.45) is 2.41. The summed E-state index contributed by atoms with van der Waals surface area (Å²) < 4.78 is 4.89. The fourth-order valence-electron chi connectivity index (χ4n) is 1.44. The second-order valence-corrected chi connectivity index (χ2v) is 3.82. The maximum absolute atomic E-state index is 11.6. The molecule has 1 aromatic rings. The summed E-state index contributed by atoms with van der Waals surface area (Å²) in [6.45, 7) is 3.35. The second-order valence-electron chi connectivity index (χ2n) is 3.82. The van der Waals surface area contributed by atoms with E-state index in [1.54, 1.807) is 6.07 Å². The van der Waals surface area contributed by atoms with Crippen LogP contribution in [0, 0.1) is 0 Å². The van der Waals surface area contributed by atoms with Gasteiger partial charge in [-0.2, -0.15) is 0 Å². The number of hydrogen-bond acceptors (Lipinski definition) is 3. The van der Waals surface area contributed by atoms with Gasteiger partial charge in [0, 0.05) is 0 Å². The van der Waals surface area contributed by atoms with Crippen LogP contribution in [0.5, 0.6) is 0 Å². The number of carbonyl (C=O) groups excluding carboxylic acids is 1. The summed E-state index contributed by atoms with van der Waals surface area (Å²) in [4.78, 5) is 22.7. The maximum Gasteiger partial charge on any atom is 0.329 e. The molecule has 0 saturated heterocycles. The van der Waals surface area contributed by atoms with E-state index < -0.39 is 17.4 Å². The van der Waals surface area contributed by atoms with Gasteiger partial charge >= 0.3 is 5.97 Å². The summed E-state index contributed by atoms with van der Waals surface area (Å²) in [5.41, 5.74) is -1.25. The molecule has 5 nitrogen and oxygen atoms in total. The molecule has 0 saturated carbocycles. The van der Waals surface area contributed by atoms with Gasteiger partial charge in [-0.15, -0.1) is 0 Å². The van der Waals surface area contributed by atoms with Crippen LogP contribution >= 0.6 is 0 Å². The Balaban J connectivity index is 2.77. The molecular formula is C11H15NO4. The Hall–Kier alpha value is -1.78. The lowest BCUT2D eigenvalue weighted by Gasteiger charge is -2.25. The third-order valence-electron chi connectivity index (χ3n) is 2.36. The largest absolute Gasteiger partial charge is 0.480 e. The Kier molecular flexibility index (Phi) is 3.71. The highest BCUT2D eigenvalue weighted by Gasteiger charge is 2.34. The van der Waals surface area contributed by atoms with E-state index in [9.17, 15) is 9.59 Å². The van der Waals surface area contributed by atoms with Crippen molar-refractivity contribution in [3.63, 3.8) is 0 Å². The molecule has 0 fully saturated rings. The predicted octanol–water partition coefficient (Wildman–Crippen LogP) is 1.65. The van der Waals surface area contributed by atoms with Crippen molar-refractivity contribution < 1.29 is 19.1 Å². The number of rotatable bonds is 5. The van der Waals surface area contributed by atoms with Gasteiger partial charge < -0.3 is 14.8 Å². The molecule has 0 aromatic carbocycles. The Morgan fingerprint density at radius 3 is 2.69 bits per heavy atom. The van der Waals surface area contributed by atoms with Gasteiger partial charge in [0.1, 0.15) is 5.54 Å². The zero-order valence-electron chi connectivity index (χ0n) is 9.32. The third-order valence-corrected chi connectivity index (χ3v) is 2.36. The van der Waals surface area contributed by atoms with Crippen LogP contribution in [0.25, 0.3) is 0 Å². The Bertz CT molecular complexity index is 371. The molecule has 1 heterocycles. The molecule has 1 amide bonds. The highest BCUT2D eigenvalue weighted by atomic mass is 16.4. The molecule has 88 valence electrons. The highest BCUT2D eigenvalue weighted by Crippen LogP contribution is 2.14. The van der Waals surface area contributed by atoms with Gasteiger partial charge in [0.05, 0.1) is 6.26 Å². The summed E-state index contributed by atoms with van der Waals surface area (Å²) >= 11 is 0. The highest BCUT2D eigenvalue weighted by molar-refractivity contribution is 5.95. The molecule has 1 aromatic heterocycles. The van der Waals surface area contributed by atoms with E-state index in [2.05, 4.69) is 5.32 Å². The molecule has 1 unspecified atom stereocenters. The molecule has 0 radical (unpaired) electrons. The number of nitrogens with one attached hydrogen (secondary N) is 1. The first kappa shape index (κ1) is 12.3. The van der Waals surface area contributed by atoms with Crippen LogP contribution in [-0.4, -0.2) is 22.5 Å². The third kappa shape index (κ3) is 2.62. The van der Waals surface area contributed by atoms with E-state index in [1.807, 2.05) is 6.92 Å². The second kappa shape index (κ2) is 4.83. The first-order valence-electron chi connectivity index (χ1n) is 5.09. The number of hydrogen-bond donors (Lipinski definition) is 2. The molecular weight excluding hydrogens is 210 g/mol. The molecule has 0 aliphatic carbocycles. The molecule has 16 heavy (non-hydrogen) atoms. The van der Waals surface area contributed by atoms with Gasteiger partial charge in [-0.1, -0.05) is 13.3 Å². The van der Waals surface area contributed by atoms with Crippen LogP contribution in [0.4, 0.5) is 0 Å². The van der Waals surface area contributed by atoms with E-state index in [-0.39, 0.29) is 5.76 Å². The minimum absolute atomic E-state index is 0.114. The topological polar surface area (TPSA) is 79.5 Å². The minimum Gasteiger partial charge on any atom is -0.480 e. The number of aliphatic carboxylic acids is 1. The molecule has 2 N–H and O–H groups in total. The number of carbonyl (C=O) groups is 2. The SMILES string of the molecule is CCCC(C)(NC(=O)c1ccco1)C(=O)O. The number of carboxylic acid groups (broad SMARTS) is 1. The Morgan fingerprint density at radius 1 is 1.56 bits per heavy atom. The fourth-order valence-corrected chi connectivity index (χ4v) is 1.44. The van der Waals surface area contributed by atoms with Crippen LogP contribution in [0.1, 0.15) is 37.2 Å². The van der Waals surface area contributed by atoms with Crippen molar-refractivity contribution in [2.24, 2.45) is 0 Å². The Morgan fingerprint density at radius 2 is 2.25 bits per heavy atom. The predicted molar refractivity (Wildman–Crippen MR) is 57.1 cm³/mol. The average Bonchev–Trinajstić information content (AvgIpc) is 2.70. The van der Waals surface area contributed by atoms with Crippen molar-refractivity contribution in [2.45, 2.75) is 32.2 Å². The minimum atomic E-state index is -1.25. The number of furan rings is 1. The van der Waals surface area contributed by atoms with Crippen molar-refractivity contribution in [1.29, 1.82) is 0 Å². The first-order chi connectivity index (χ1) is 7.49. The van der Waals surface area contributed by atoms with Crippen LogP contribution in [0.2, 0.25) is 0 Å². The monoisotopic (exact) mass is 225 g/mol. The van der Waals surface area contributed by atoms with Gasteiger partial charge in [0.15, 0.2) is 5.76 Å². The zero-order valence-corrected chi connectivity index (χ0v) is 9.32. The Labute approximate surface area is 93.4 Å². The van der Waals surface area contributed by atoms with Crippen LogP contribution < -0.4 is 5.32 Å². The van der Waals surface area contributed by atoms with Gasteiger partial charge in [0.25, 0.3) is 5.91 Å². The van der Waals surface area contributed by atoms with E-state index in [1.165, 1.54) is 19.3 Å². The molecule has 0 bridgehead atoms. The van der Waals surface area contributed by atoms with Crippen molar-refractivity contribution in [3.05, 3.63) is 24.2 Å². The summed E-state index contributed by atoms with van der Waals surface area (Å²) in [5, 5.41) is 11.5. The van der Waals surface area contributed by atoms with Gasteiger partial charge in [0.2, 0.25) is 0 Å². The number of carboxylic acids is 1. The number of amides is 1. The summed E-state index contributed by atoms with van der Waals surface area (Å²) in [6, 6.07) is 3.07. The molecule has 1 rings (SSSR count). The summed E-state index contributed by atoms with van der Waals surface area (Å²) in [7, 11) is 0. The van der Waals surface area contributed by atoms with Gasteiger partial charge in [-0.3, -0.25) is 4.79 Å². The molecule has 0 aliphatic rings. The standard InChI is InChI=1S/C11H15NO4/c1-3-6-11(2,10(14)15)12-9(13)8-5-4-7-16-8/h4-5,7H,3,6H2,1-2H3,(H,12,13)(H,14,15). The molecule has 5 heteroatoms. The lowest BCUT2D eigenvalue weighted by Crippen LogP contribution is -2.52. The fraction of sp³-hybridized carbons (Fsp3) is 0.455. The van der Waals surface area contributed by atoms with Crippen molar-refractivity contribution in [2.75, 3.05) is 0 Å².